The largest absolute Gasteiger partial charge is 0.340 e. The van der Waals surface area contributed by atoms with Gasteiger partial charge in [0.25, 0.3) is 5.69 Å². The summed E-state index contributed by atoms with van der Waals surface area (Å²) in [5.41, 5.74) is 3.81. The van der Waals surface area contributed by atoms with Crippen LogP contribution < -0.4 is 11.2 Å². The van der Waals surface area contributed by atoms with Crippen molar-refractivity contribution in [3.05, 3.63) is 71.4 Å². The third-order valence-electron chi connectivity index (χ3n) is 3.30. The lowest BCUT2D eigenvalue weighted by atomic mass is 10.1. The Bertz CT molecular complexity index is 846. The van der Waals surface area contributed by atoms with Crippen molar-refractivity contribution in [3.63, 3.8) is 0 Å². The van der Waals surface area contributed by atoms with Crippen molar-refractivity contribution in [1.82, 2.24) is 9.97 Å². The van der Waals surface area contributed by atoms with Crippen molar-refractivity contribution in [1.29, 1.82) is 0 Å². The highest BCUT2D eigenvalue weighted by Gasteiger charge is 2.11. The minimum absolute atomic E-state index is 0.325. The van der Waals surface area contributed by atoms with Gasteiger partial charge in [-0.2, -0.15) is 5.84 Å². The third-order valence-corrected chi connectivity index (χ3v) is 3.30. The quantitative estimate of drug-likeness (QED) is 0.439. The van der Waals surface area contributed by atoms with Crippen molar-refractivity contribution >= 4 is 17.2 Å². The predicted octanol–water partition coefficient (Wildman–Crippen LogP) is 3.28. The zero-order chi connectivity index (χ0) is 16.2. The Labute approximate surface area is 133 Å². The van der Waals surface area contributed by atoms with Gasteiger partial charge in [-0.05, 0) is 30.7 Å². The normalized spacial score (nSPS) is 10.3. The number of hydrogen-bond donors (Lipinski definition) is 2. The van der Waals surface area contributed by atoms with Crippen LogP contribution in [-0.4, -0.2) is 14.8 Å². The molecule has 3 N–H and O–H groups in total. The molecule has 23 heavy (non-hydrogen) atoms. The summed E-state index contributed by atoms with van der Waals surface area (Å²) in [6.07, 6.45) is 1.47. The van der Waals surface area contributed by atoms with Gasteiger partial charge in [0, 0.05) is 29.4 Å². The van der Waals surface area contributed by atoms with Crippen LogP contribution in [0.1, 0.15) is 5.56 Å². The molecule has 6 nitrogen and oxygen atoms in total. The van der Waals surface area contributed by atoms with Crippen molar-refractivity contribution in [2.45, 2.75) is 6.92 Å². The number of hydrazine groups is 1. The molecule has 2 aromatic carbocycles. The summed E-state index contributed by atoms with van der Waals surface area (Å²) < 4.78 is 0. The Hall–Kier alpha value is -3.28. The number of nitroso groups, excluding NO2 is 1. The molecule has 3 aromatic rings. The second kappa shape index (κ2) is 6.23. The second-order valence-corrected chi connectivity index (χ2v) is 5.05. The van der Waals surface area contributed by atoms with Crippen LogP contribution in [0.25, 0.3) is 11.3 Å². The van der Waals surface area contributed by atoms with Crippen LogP contribution in [0.3, 0.4) is 0 Å². The first-order valence-corrected chi connectivity index (χ1v) is 7.01. The maximum atomic E-state index is 11.2. The van der Waals surface area contributed by atoms with Gasteiger partial charge in [0.15, 0.2) is 4.87 Å². The molecule has 0 fully saturated rings. The summed E-state index contributed by atoms with van der Waals surface area (Å²) >= 11 is 0. The highest BCUT2D eigenvalue weighted by Crippen LogP contribution is 2.24. The highest BCUT2D eigenvalue weighted by atomic mass is 16.3. The minimum Gasteiger partial charge on any atom is -0.340 e. The molecule has 1 radical (unpaired) electrons. The number of hydrogen-bond acceptors (Lipinski definition) is 4. The number of aryl methyl sites for hydroxylation is 1. The predicted molar refractivity (Wildman–Crippen MR) is 88.2 cm³/mol. The topological polar surface area (TPSA) is 83.9 Å². The van der Waals surface area contributed by atoms with E-state index >= 15 is 0 Å². The van der Waals surface area contributed by atoms with Crippen molar-refractivity contribution in [2.75, 3.05) is 5.32 Å². The molecular weight excluding hydrogens is 290 g/mol. The molecule has 0 aliphatic carbocycles. The first-order chi connectivity index (χ1) is 11.1. The number of benzene rings is 2. The van der Waals surface area contributed by atoms with Gasteiger partial charge in [0.1, 0.15) is 12.1 Å². The van der Waals surface area contributed by atoms with Gasteiger partial charge in [-0.1, -0.05) is 18.2 Å². The van der Waals surface area contributed by atoms with Crippen molar-refractivity contribution in [2.24, 2.45) is 5.84 Å². The first-order valence-electron chi connectivity index (χ1n) is 7.01. The highest BCUT2D eigenvalue weighted by molar-refractivity contribution is 5.67. The number of nitrogens with zero attached hydrogens (tertiary/aromatic N) is 3. The van der Waals surface area contributed by atoms with E-state index in [1.165, 1.54) is 6.33 Å². The molecule has 0 atom stereocenters. The lowest BCUT2D eigenvalue weighted by Crippen LogP contribution is -2.08. The van der Waals surface area contributed by atoms with E-state index in [0.29, 0.717) is 22.1 Å². The zero-order valence-electron chi connectivity index (χ0n) is 12.5. The summed E-state index contributed by atoms with van der Waals surface area (Å²) in [5, 5.41) is 3.20. The lowest BCUT2D eigenvalue weighted by molar-refractivity contribution is -0.474. The Balaban J connectivity index is 1.89. The molecule has 0 aliphatic heterocycles. The summed E-state index contributed by atoms with van der Waals surface area (Å²) in [6.45, 7) is 1.98. The van der Waals surface area contributed by atoms with E-state index in [-0.39, 0.29) is 0 Å². The maximum Gasteiger partial charge on any atom is 0.292 e. The number of rotatable bonds is 4. The number of anilines is 2. The van der Waals surface area contributed by atoms with E-state index in [9.17, 15) is 4.91 Å². The molecule has 0 saturated carbocycles. The van der Waals surface area contributed by atoms with Crippen LogP contribution in [0.2, 0.25) is 0 Å². The van der Waals surface area contributed by atoms with Crippen molar-refractivity contribution in [3.8, 4) is 11.3 Å². The third kappa shape index (κ3) is 3.49. The Morgan fingerprint density at radius 1 is 1.17 bits per heavy atom. The van der Waals surface area contributed by atoms with Gasteiger partial charge in [-0.3, -0.25) is 0 Å². The molecule has 3 rings (SSSR count). The molecule has 0 bridgehead atoms. The first kappa shape index (κ1) is 14.6. The monoisotopic (exact) mass is 305 g/mol. The minimum atomic E-state index is 0.325. The van der Waals surface area contributed by atoms with Crippen LogP contribution in [0.5, 0.6) is 0 Å². The van der Waals surface area contributed by atoms with Gasteiger partial charge in [0.2, 0.25) is 0 Å². The summed E-state index contributed by atoms with van der Waals surface area (Å²) in [7, 11) is 0. The van der Waals surface area contributed by atoms with Gasteiger partial charge in [-0.15, -0.1) is 0 Å². The van der Waals surface area contributed by atoms with Gasteiger partial charge in [0.05, 0.1) is 10.6 Å². The number of nitrogens with two attached hydrogens (primary N) is 1. The zero-order valence-corrected chi connectivity index (χ0v) is 12.5. The van der Waals surface area contributed by atoms with Crippen LogP contribution in [0.4, 0.5) is 17.2 Å². The standard InChI is InChI=1S/C17H15N5O/c1-12-5-7-14(8-6-12)21-17-10-16(19-11-20-17)13-3-2-4-15(9-13)22(18)23/h2-5,7-11H,1H3,(H2,18,23)(H,19,20,21)/q+1. The van der Waals surface area contributed by atoms with E-state index < -0.39 is 0 Å². The fourth-order valence-corrected chi connectivity index (χ4v) is 2.11. The van der Waals surface area contributed by atoms with Crippen LogP contribution in [-0.2, 0) is 0 Å². The van der Waals surface area contributed by atoms with Crippen LogP contribution in [0.15, 0.2) is 54.9 Å². The summed E-state index contributed by atoms with van der Waals surface area (Å²) in [5.74, 6) is 5.89. The molecule has 1 aromatic heterocycles. The van der Waals surface area contributed by atoms with Crippen LogP contribution >= 0.6 is 0 Å². The number of aromatic nitrogens is 2. The molecule has 0 aliphatic rings. The molecule has 0 amide bonds. The van der Waals surface area contributed by atoms with Gasteiger partial charge < -0.3 is 5.32 Å². The Morgan fingerprint density at radius 2 is 2.04 bits per heavy atom. The Morgan fingerprint density at radius 3 is 2.78 bits per heavy atom. The SMILES string of the molecule is Cc1[c]cc(Nc2cc(-c3cccc([N+](N)=O)c3)ncn2)cc1. The number of nitrogens with one attached hydrogen (secondary N) is 1. The molecule has 0 saturated heterocycles. The van der Waals surface area contributed by atoms with E-state index in [1.807, 2.05) is 37.3 Å². The van der Waals surface area contributed by atoms with Crippen molar-refractivity contribution < 1.29 is 4.87 Å². The van der Waals surface area contributed by atoms with E-state index in [1.54, 1.807) is 18.2 Å². The fraction of sp³-hybridized carbons (Fsp3) is 0.0588. The summed E-state index contributed by atoms with van der Waals surface area (Å²) in [4.78, 5) is 20.0. The van der Waals surface area contributed by atoms with Crippen LogP contribution in [0, 0.1) is 17.9 Å². The van der Waals surface area contributed by atoms with E-state index in [0.717, 1.165) is 16.8 Å². The molecule has 0 spiro atoms. The molecule has 6 heteroatoms. The molecule has 0 unspecified atom stereocenters. The molecular formula is C17H15N5O+. The van der Waals surface area contributed by atoms with E-state index in [4.69, 9.17) is 5.84 Å². The fourth-order valence-electron chi connectivity index (χ4n) is 2.11. The Kier molecular flexibility index (Phi) is 3.97. The van der Waals surface area contributed by atoms with E-state index in [2.05, 4.69) is 21.4 Å². The summed E-state index contributed by atoms with van der Waals surface area (Å²) in [6, 6.07) is 17.7. The second-order valence-electron chi connectivity index (χ2n) is 5.05. The maximum absolute atomic E-state index is 11.2. The smallest absolute Gasteiger partial charge is 0.292 e. The molecule has 113 valence electrons. The average Bonchev–Trinajstić information content (AvgIpc) is 2.57. The van der Waals surface area contributed by atoms with Gasteiger partial charge >= 0.3 is 0 Å². The molecule has 1 heterocycles. The van der Waals surface area contributed by atoms with Gasteiger partial charge in [-0.25, -0.2) is 9.97 Å². The lowest BCUT2D eigenvalue weighted by Gasteiger charge is -2.07. The average molecular weight is 305 g/mol.